The molecule has 0 saturated heterocycles. The van der Waals surface area contributed by atoms with Crippen LogP contribution >= 0.6 is 0 Å². The Morgan fingerprint density at radius 1 is 0.957 bits per heavy atom. The first-order valence-electron chi connectivity index (χ1n) is 8.19. The van der Waals surface area contributed by atoms with E-state index >= 15 is 0 Å². The van der Waals surface area contributed by atoms with Crippen molar-refractivity contribution < 1.29 is 14.2 Å². The summed E-state index contributed by atoms with van der Waals surface area (Å²) in [4.78, 5) is 0. The SMILES string of the molecule is c1ccc2c(c1)CCOC2CNCC1COc2ccccc2O1. The van der Waals surface area contributed by atoms with Crippen molar-refractivity contribution in [2.45, 2.75) is 18.6 Å². The predicted octanol–water partition coefficient (Wildman–Crippen LogP) is 2.73. The minimum atomic E-state index is 0.0312. The van der Waals surface area contributed by atoms with Crippen LogP contribution in [0.4, 0.5) is 0 Å². The molecule has 2 aliphatic rings. The standard InChI is InChI=1S/C19H21NO3/c1-2-6-16-14(5-1)9-10-21-19(16)12-20-11-15-13-22-17-7-3-4-8-18(17)23-15/h1-8,15,19-20H,9-13H2. The highest BCUT2D eigenvalue weighted by molar-refractivity contribution is 5.40. The van der Waals surface area contributed by atoms with Crippen molar-refractivity contribution >= 4 is 0 Å². The van der Waals surface area contributed by atoms with Gasteiger partial charge in [-0.05, 0) is 29.7 Å². The number of nitrogens with one attached hydrogen (secondary N) is 1. The van der Waals surface area contributed by atoms with Crippen molar-refractivity contribution in [2.24, 2.45) is 0 Å². The fourth-order valence-corrected chi connectivity index (χ4v) is 3.18. The lowest BCUT2D eigenvalue weighted by atomic mass is 9.97. The zero-order chi connectivity index (χ0) is 15.5. The molecule has 4 heteroatoms. The van der Waals surface area contributed by atoms with Crippen LogP contribution in [0, 0.1) is 0 Å². The topological polar surface area (TPSA) is 39.7 Å². The van der Waals surface area contributed by atoms with E-state index in [4.69, 9.17) is 14.2 Å². The highest BCUT2D eigenvalue weighted by atomic mass is 16.6. The molecule has 0 spiro atoms. The summed E-state index contributed by atoms with van der Waals surface area (Å²) >= 11 is 0. The van der Waals surface area contributed by atoms with E-state index < -0.39 is 0 Å². The molecule has 4 nitrogen and oxygen atoms in total. The minimum absolute atomic E-state index is 0.0312. The number of fused-ring (bicyclic) bond motifs is 2. The van der Waals surface area contributed by atoms with E-state index in [9.17, 15) is 0 Å². The number of ether oxygens (including phenoxy) is 3. The quantitative estimate of drug-likeness (QED) is 0.942. The van der Waals surface area contributed by atoms with Gasteiger partial charge in [0.2, 0.25) is 0 Å². The molecular weight excluding hydrogens is 290 g/mol. The molecule has 1 N–H and O–H groups in total. The summed E-state index contributed by atoms with van der Waals surface area (Å²) in [6.45, 7) is 2.90. The average molecular weight is 311 g/mol. The summed E-state index contributed by atoms with van der Waals surface area (Å²) in [5.41, 5.74) is 2.70. The van der Waals surface area contributed by atoms with E-state index in [-0.39, 0.29) is 12.2 Å². The number of hydrogen-bond acceptors (Lipinski definition) is 4. The third kappa shape index (κ3) is 3.19. The van der Waals surface area contributed by atoms with Crippen molar-refractivity contribution in [3.05, 3.63) is 59.7 Å². The summed E-state index contributed by atoms with van der Waals surface area (Å²) in [5.74, 6) is 1.65. The van der Waals surface area contributed by atoms with Gasteiger partial charge in [-0.3, -0.25) is 0 Å². The lowest BCUT2D eigenvalue weighted by Crippen LogP contribution is -2.40. The zero-order valence-corrected chi connectivity index (χ0v) is 13.0. The Labute approximate surface area is 136 Å². The van der Waals surface area contributed by atoms with Crippen LogP contribution in [0.1, 0.15) is 17.2 Å². The molecule has 23 heavy (non-hydrogen) atoms. The second-order valence-electron chi connectivity index (χ2n) is 5.96. The molecule has 2 aromatic rings. The third-order valence-corrected chi connectivity index (χ3v) is 4.36. The first kappa shape index (κ1) is 14.5. The van der Waals surface area contributed by atoms with E-state index in [2.05, 4.69) is 29.6 Å². The van der Waals surface area contributed by atoms with Crippen LogP contribution in [0.25, 0.3) is 0 Å². The fraction of sp³-hybridized carbons (Fsp3) is 0.368. The largest absolute Gasteiger partial charge is 0.486 e. The van der Waals surface area contributed by atoms with Gasteiger partial charge >= 0.3 is 0 Å². The summed E-state index contributed by atoms with van der Waals surface area (Å²) < 4.78 is 17.6. The van der Waals surface area contributed by atoms with Gasteiger partial charge < -0.3 is 19.5 Å². The maximum absolute atomic E-state index is 5.96. The number of benzene rings is 2. The number of hydrogen-bond donors (Lipinski definition) is 1. The molecule has 2 aromatic carbocycles. The molecule has 2 heterocycles. The summed E-state index contributed by atoms with van der Waals surface area (Å²) in [7, 11) is 0. The minimum Gasteiger partial charge on any atom is -0.486 e. The van der Waals surface area contributed by atoms with E-state index in [0.717, 1.165) is 37.6 Å². The van der Waals surface area contributed by atoms with Crippen LogP contribution in [0.15, 0.2) is 48.5 Å². The summed E-state index contributed by atoms with van der Waals surface area (Å²) in [6, 6.07) is 16.3. The highest BCUT2D eigenvalue weighted by Gasteiger charge is 2.23. The van der Waals surface area contributed by atoms with Crippen LogP contribution in [0.5, 0.6) is 11.5 Å². The molecule has 0 amide bonds. The monoisotopic (exact) mass is 311 g/mol. The Hall–Kier alpha value is -2.04. The fourth-order valence-electron chi connectivity index (χ4n) is 3.18. The van der Waals surface area contributed by atoms with Gasteiger partial charge in [-0.2, -0.15) is 0 Å². The normalized spacial score (nSPS) is 22.4. The Balaban J connectivity index is 1.32. The van der Waals surface area contributed by atoms with E-state index in [0.29, 0.717) is 6.61 Å². The van der Waals surface area contributed by atoms with Gasteiger partial charge in [0, 0.05) is 13.1 Å². The summed E-state index contributed by atoms with van der Waals surface area (Å²) in [5, 5.41) is 3.47. The zero-order valence-electron chi connectivity index (χ0n) is 13.0. The first-order valence-corrected chi connectivity index (χ1v) is 8.19. The van der Waals surface area contributed by atoms with Gasteiger partial charge in [0.05, 0.1) is 12.7 Å². The molecular formula is C19H21NO3. The van der Waals surface area contributed by atoms with Gasteiger partial charge in [0.1, 0.15) is 12.7 Å². The van der Waals surface area contributed by atoms with Crippen LogP contribution < -0.4 is 14.8 Å². The Kier molecular flexibility index (Phi) is 4.18. The number of para-hydroxylation sites is 2. The molecule has 0 aliphatic carbocycles. The van der Waals surface area contributed by atoms with Crippen molar-refractivity contribution in [1.82, 2.24) is 5.32 Å². The van der Waals surface area contributed by atoms with Crippen molar-refractivity contribution in [1.29, 1.82) is 0 Å². The molecule has 2 atom stereocenters. The van der Waals surface area contributed by atoms with Crippen LogP contribution in [0.3, 0.4) is 0 Å². The first-order chi connectivity index (χ1) is 11.4. The molecule has 120 valence electrons. The van der Waals surface area contributed by atoms with Crippen molar-refractivity contribution in [3.63, 3.8) is 0 Å². The van der Waals surface area contributed by atoms with Crippen molar-refractivity contribution in [2.75, 3.05) is 26.3 Å². The lowest BCUT2D eigenvalue weighted by Gasteiger charge is -2.29. The van der Waals surface area contributed by atoms with Gasteiger partial charge in [0.25, 0.3) is 0 Å². The van der Waals surface area contributed by atoms with Gasteiger partial charge in [0.15, 0.2) is 11.5 Å². The maximum Gasteiger partial charge on any atom is 0.161 e. The van der Waals surface area contributed by atoms with Gasteiger partial charge in [-0.15, -0.1) is 0 Å². The molecule has 4 rings (SSSR count). The van der Waals surface area contributed by atoms with Crippen molar-refractivity contribution in [3.8, 4) is 11.5 Å². The third-order valence-electron chi connectivity index (χ3n) is 4.36. The molecule has 2 unspecified atom stereocenters. The molecule has 0 aromatic heterocycles. The predicted molar refractivity (Wildman–Crippen MR) is 88.1 cm³/mol. The van der Waals surface area contributed by atoms with Crippen LogP contribution in [0.2, 0.25) is 0 Å². The molecule has 0 fully saturated rings. The highest BCUT2D eigenvalue weighted by Crippen LogP contribution is 2.31. The molecule has 0 saturated carbocycles. The van der Waals surface area contributed by atoms with E-state index in [1.807, 2.05) is 24.3 Å². The smallest absolute Gasteiger partial charge is 0.161 e. The Bertz CT molecular complexity index is 673. The van der Waals surface area contributed by atoms with E-state index in [1.54, 1.807) is 0 Å². The summed E-state index contributed by atoms with van der Waals surface area (Å²) in [6.07, 6.45) is 1.16. The Morgan fingerprint density at radius 3 is 2.74 bits per heavy atom. The lowest BCUT2D eigenvalue weighted by molar-refractivity contribution is 0.0372. The van der Waals surface area contributed by atoms with Gasteiger partial charge in [-0.1, -0.05) is 36.4 Å². The number of rotatable bonds is 4. The molecule has 2 aliphatic heterocycles. The molecule has 0 bridgehead atoms. The maximum atomic E-state index is 5.96. The Morgan fingerprint density at radius 2 is 1.78 bits per heavy atom. The average Bonchev–Trinajstić information content (AvgIpc) is 2.62. The van der Waals surface area contributed by atoms with Crippen LogP contribution in [-0.4, -0.2) is 32.4 Å². The second kappa shape index (κ2) is 6.60. The van der Waals surface area contributed by atoms with E-state index in [1.165, 1.54) is 11.1 Å². The second-order valence-corrected chi connectivity index (χ2v) is 5.96. The van der Waals surface area contributed by atoms with Crippen LogP contribution in [-0.2, 0) is 11.2 Å². The van der Waals surface area contributed by atoms with Gasteiger partial charge in [-0.25, -0.2) is 0 Å². The molecule has 0 radical (unpaired) electrons.